The highest BCUT2D eigenvalue weighted by atomic mass is 14.9. The van der Waals surface area contributed by atoms with Gasteiger partial charge >= 0.3 is 0 Å². The summed E-state index contributed by atoms with van der Waals surface area (Å²) in [6.07, 6.45) is 0. The molecule has 1 nitrogen and oxygen atoms in total. The molecule has 1 saturated heterocycles. The molecule has 0 aromatic heterocycles. The van der Waals surface area contributed by atoms with Crippen LogP contribution in [0.2, 0.25) is 0 Å². The summed E-state index contributed by atoms with van der Waals surface area (Å²) in [4.78, 5) is 0. The van der Waals surface area contributed by atoms with Crippen molar-refractivity contribution in [2.75, 3.05) is 13.1 Å². The lowest BCUT2D eigenvalue weighted by Crippen LogP contribution is -2.06. The third kappa shape index (κ3) is 0.942. The van der Waals surface area contributed by atoms with Gasteiger partial charge < -0.3 is 5.32 Å². The molecular weight excluding hydrogens is 86.1 g/mol. The predicted molar refractivity (Wildman–Crippen MR) is 31.2 cm³/mol. The SMILES string of the molecule is C[C@H]1CNC[C@@H]1C. The van der Waals surface area contributed by atoms with Crippen molar-refractivity contribution in [3.8, 4) is 0 Å². The standard InChI is InChI=1S/C6H13N/c1-5-3-7-4-6(5)2/h5-7H,3-4H2,1-2H3/t5-,6-/m0/s1. The van der Waals surface area contributed by atoms with E-state index in [1.165, 1.54) is 13.1 Å². The molecule has 42 valence electrons. The Hall–Kier alpha value is -0.0400. The molecule has 1 aliphatic rings. The molecule has 0 aliphatic carbocycles. The maximum absolute atomic E-state index is 3.32. The fourth-order valence-electron chi connectivity index (χ4n) is 0.941. The van der Waals surface area contributed by atoms with Crippen LogP contribution in [-0.4, -0.2) is 13.1 Å². The summed E-state index contributed by atoms with van der Waals surface area (Å²) in [6, 6.07) is 0. The maximum atomic E-state index is 3.32. The van der Waals surface area contributed by atoms with Gasteiger partial charge in [-0.1, -0.05) is 13.8 Å². The van der Waals surface area contributed by atoms with Gasteiger partial charge in [0, 0.05) is 0 Å². The summed E-state index contributed by atoms with van der Waals surface area (Å²) in [5, 5.41) is 3.32. The summed E-state index contributed by atoms with van der Waals surface area (Å²) >= 11 is 0. The Morgan fingerprint density at radius 1 is 1.14 bits per heavy atom. The van der Waals surface area contributed by atoms with E-state index >= 15 is 0 Å². The van der Waals surface area contributed by atoms with Crippen molar-refractivity contribution in [2.24, 2.45) is 11.8 Å². The van der Waals surface area contributed by atoms with E-state index in [0.29, 0.717) is 0 Å². The van der Waals surface area contributed by atoms with Gasteiger partial charge in [0.05, 0.1) is 0 Å². The quantitative estimate of drug-likeness (QED) is 0.475. The van der Waals surface area contributed by atoms with Gasteiger partial charge in [0.15, 0.2) is 0 Å². The first-order valence-electron chi connectivity index (χ1n) is 3.01. The zero-order chi connectivity index (χ0) is 5.28. The highest BCUT2D eigenvalue weighted by molar-refractivity contribution is 4.73. The summed E-state index contributed by atoms with van der Waals surface area (Å²) < 4.78 is 0. The Morgan fingerprint density at radius 3 is 1.71 bits per heavy atom. The van der Waals surface area contributed by atoms with E-state index in [0.717, 1.165) is 11.8 Å². The van der Waals surface area contributed by atoms with Crippen LogP contribution in [0.1, 0.15) is 13.8 Å². The van der Waals surface area contributed by atoms with Gasteiger partial charge in [-0.3, -0.25) is 0 Å². The lowest BCUT2D eigenvalue weighted by atomic mass is 10.0. The summed E-state index contributed by atoms with van der Waals surface area (Å²) in [6.45, 7) is 7.04. The normalized spacial score (nSPS) is 42.0. The average Bonchev–Trinajstić information content (AvgIpc) is 1.91. The van der Waals surface area contributed by atoms with E-state index in [1.807, 2.05) is 0 Å². The van der Waals surface area contributed by atoms with Gasteiger partial charge in [-0.2, -0.15) is 0 Å². The summed E-state index contributed by atoms with van der Waals surface area (Å²) in [7, 11) is 0. The van der Waals surface area contributed by atoms with E-state index in [1.54, 1.807) is 0 Å². The first-order valence-corrected chi connectivity index (χ1v) is 3.01. The van der Waals surface area contributed by atoms with Crippen LogP contribution in [0.25, 0.3) is 0 Å². The largest absolute Gasteiger partial charge is 0.316 e. The molecule has 1 heterocycles. The molecule has 1 aliphatic heterocycles. The molecule has 0 amide bonds. The van der Waals surface area contributed by atoms with Gasteiger partial charge in [0.1, 0.15) is 0 Å². The van der Waals surface area contributed by atoms with Crippen LogP contribution in [0, 0.1) is 11.8 Å². The Labute approximate surface area is 45.1 Å². The zero-order valence-corrected chi connectivity index (χ0v) is 5.07. The number of nitrogens with one attached hydrogen (secondary N) is 1. The van der Waals surface area contributed by atoms with Gasteiger partial charge in [0.2, 0.25) is 0 Å². The Morgan fingerprint density at radius 2 is 1.57 bits per heavy atom. The van der Waals surface area contributed by atoms with Crippen LogP contribution in [0.5, 0.6) is 0 Å². The van der Waals surface area contributed by atoms with Crippen LogP contribution < -0.4 is 5.32 Å². The monoisotopic (exact) mass is 99.1 g/mol. The molecule has 0 radical (unpaired) electrons. The third-order valence-electron chi connectivity index (χ3n) is 1.90. The molecule has 0 unspecified atom stereocenters. The first-order chi connectivity index (χ1) is 3.30. The second-order valence-corrected chi connectivity index (χ2v) is 2.61. The molecule has 0 aromatic rings. The van der Waals surface area contributed by atoms with Crippen molar-refractivity contribution in [2.45, 2.75) is 13.8 Å². The van der Waals surface area contributed by atoms with Gasteiger partial charge in [-0.15, -0.1) is 0 Å². The second-order valence-electron chi connectivity index (χ2n) is 2.61. The summed E-state index contributed by atoms with van der Waals surface area (Å²) in [5.74, 6) is 1.81. The van der Waals surface area contributed by atoms with Crippen molar-refractivity contribution in [1.29, 1.82) is 0 Å². The number of hydrogen-bond acceptors (Lipinski definition) is 1. The maximum Gasteiger partial charge on any atom is -0.00200 e. The fraction of sp³-hybridized carbons (Fsp3) is 1.00. The lowest BCUT2D eigenvalue weighted by Gasteiger charge is -2.03. The molecule has 1 heteroatoms. The van der Waals surface area contributed by atoms with E-state index < -0.39 is 0 Å². The average molecular weight is 99.2 g/mol. The fourth-order valence-corrected chi connectivity index (χ4v) is 0.941. The van der Waals surface area contributed by atoms with Crippen molar-refractivity contribution in [3.63, 3.8) is 0 Å². The van der Waals surface area contributed by atoms with Crippen molar-refractivity contribution < 1.29 is 0 Å². The lowest BCUT2D eigenvalue weighted by molar-refractivity contribution is 0.494. The van der Waals surface area contributed by atoms with Crippen LogP contribution in [0.4, 0.5) is 0 Å². The highest BCUT2D eigenvalue weighted by Crippen LogP contribution is 2.13. The van der Waals surface area contributed by atoms with Crippen LogP contribution in [0.3, 0.4) is 0 Å². The number of hydrogen-bond donors (Lipinski definition) is 1. The molecule has 2 atom stereocenters. The smallest absolute Gasteiger partial charge is 0.00200 e. The molecule has 0 spiro atoms. The van der Waals surface area contributed by atoms with Gasteiger partial charge in [0.25, 0.3) is 0 Å². The van der Waals surface area contributed by atoms with E-state index in [2.05, 4.69) is 19.2 Å². The Kier molecular flexibility index (Phi) is 1.33. The third-order valence-corrected chi connectivity index (χ3v) is 1.90. The molecule has 0 bridgehead atoms. The van der Waals surface area contributed by atoms with E-state index in [9.17, 15) is 0 Å². The van der Waals surface area contributed by atoms with E-state index in [4.69, 9.17) is 0 Å². The molecule has 7 heavy (non-hydrogen) atoms. The van der Waals surface area contributed by atoms with Crippen LogP contribution >= 0.6 is 0 Å². The van der Waals surface area contributed by atoms with Gasteiger partial charge in [-0.25, -0.2) is 0 Å². The Balaban J connectivity index is 2.33. The van der Waals surface area contributed by atoms with Crippen molar-refractivity contribution in [1.82, 2.24) is 5.32 Å². The van der Waals surface area contributed by atoms with Crippen molar-refractivity contribution >= 4 is 0 Å². The molecule has 1 fully saturated rings. The first kappa shape index (κ1) is 5.10. The topological polar surface area (TPSA) is 12.0 Å². The minimum atomic E-state index is 0.903. The predicted octanol–water partition coefficient (Wildman–Crippen LogP) is 0.862. The summed E-state index contributed by atoms with van der Waals surface area (Å²) in [5.41, 5.74) is 0. The minimum Gasteiger partial charge on any atom is -0.316 e. The molecule has 1 N–H and O–H groups in total. The van der Waals surface area contributed by atoms with E-state index in [-0.39, 0.29) is 0 Å². The highest BCUT2D eigenvalue weighted by Gasteiger charge is 2.16. The molecular formula is C6H13N. The molecule has 0 saturated carbocycles. The van der Waals surface area contributed by atoms with Crippen molar-refractivity contribution in [3.05, 3.63) is 0 Å². The van der Waals surface area contributed by atoms with Gasteiger partial charge in [-0.05, 0) is 24.9 Å². The minimum absolute atomic E-state index is 0.903. The number of rotatable bonds is 0. The second kappa shape index (κ2) is 1.83. The van der Waals surface area contributed by atoms with Crippen LogP contribution in [-0.2, 0) is 0 Å². The Bertz CT molecular complexity index is 53.2. The molecule has 0 aromatic carbocycles. The molecule has 1 rings (SSSR count). The zero-order valence-electron chi connectivity index (χ0n) is 5.07. The van der Waals surface area contributed by atoms with Crippen LogP contribution in [0.15, 0.2) is 0 Å².